The third-order valence-corrected chi connectivity index (χ3v) is 3.49. The maximum Gasteiger partial charge on any atom is 0.163 e. The molecule has 2 aromatic rings. The van der Waals surface area contributed by atoms with Crippen LogP contribution in [0.2, 0.25) is 0 Å². The summed E-state index contributed by atoms with van der Waals surface area (Å²) in [6, 6.07) is 4.48. The number of nitrogens with zero attached hydrogens (tertiary/aromatic N) is 2. The van der Waals surface area contributed by atoms with E-state index in [9.17, 15) is 4.39 Å². The van der Waals surface area contributed by atoms with Crippen LogP contribution < -0.4 is 5.32 Å². The molecule has 0 amide bonds. The van der Waals surface area contributed by atoms with E-state index >= 15 is 0 Å². The van der Waals surface area contributed by atoms with Crippen LogP contribution in [0.25, 0.3) is 11.4 Å². The van der Waals surface area contributed by atoms with Crippen LogP contribution in [-0.2, 0) is 0 Å². The molecule has 94 valence electrons. The molecular weight excluding hydrogens is 297 g/mol. The van der Waals surface area contributed by atoms with E-state index in [0.717, 1.165) is 21.5 Å². The van der Waals surface area contributed by atoms with Crippen molar-refractivity contribution in [3.05, 3.63) is 39.7 Å². The number of halogens is 2. The van der Waals surface area contributed by atoms with Crippen molar-refractivity contribution in [2.24, 2.45) is 0 Å². The fourth-order valence-electron chi connectivity index (χ4n) is 1.66. The van der Waals surface area contributed by atoms with Gasteiger partial charge in [-0.15, -0.1) is 0 Å². The molecule has 1 aromatic heterocycles. The molecule has 0 aliphatic heterocycles. The molecule has 0 fully saturated rings. The van der Waals surface area contributed by atoms with Crippen LogP contribution in [-0.4, -0.2) is 17.0 Å². The van der Waals surface area contributed by atoms with Gasteiger partial charge >= 0.3 is 0 Å². The van der Waals surface area contributed by atoms with Gasteiger partial charge in [0.15, 0.2) is 5.82 Å². The zero-order chi connectivity index (χ0) is 13.3. The first-order valence-corrected chi connectivity index (χ1v) is 6.30. The minimum absolute atomic E-state index is 0.305. The molecular formula is C13H13BrFN3. The van der Waals surface area contributed by atoms with Crippen molar-refractivity contribution < 1.29 is 4.39 Å². The highest BCUT2D eigenvalue weighted by atomic mass is 79.9. The van der Waals surface area contributed by atoms with Crippen molar-refractivity contribution in [3.63, 3.8) is 0 Å². The van der Waals surface area contributed by atoms with Crippen LogP contribution in [0.3, 0.4) is 0 Å². The number of hydrogen-bond acceptors (Lipinski definition) is 3. The molecule has 0 radical (unpaired) electrons. The summed E-state index contributed by atoms with van der Waals surface area (Å²) in [7, 11) is 1.80. The molecule has 0 aliphatic rings. The molecule has 0 unspecified atom stereocenters. The molecule has 18 heavy (non-hydrogen) atoms. The van der Waals surface area contributed by atoms with E-state index in [0.29, 0.717) is 11.4 Å². The van der Waals surface area contributed by atoms with Crippen molar-refractivity contribution in [2.45, 2.75) is 13.8 Å². The van der Waals surface area contributed by atoms with E-state index in [-0.39, 0.29) is 5.82 Å². The van der Waals surface area contributed by atoms with Crippen LogP contribution in [0.4, 0.5) is 10.2 Å². The van der Waals surface area contributed by atoms with Gasteiger partial charge in [0.25, 0.3) is 0 Å². The molecule has 1 N–H and O–H groups in total. The first-order chi connectivity index (χ1) is 8.52. The highest BCUT2D eigenvalue weighted by molar-refractivity contribution is 9.10. The number of benzene rings is 1. The second-order valence-electron chi connectivity index (χ2n) is 3.98. The summed E-state index contributed by atoms with van der Waals surface area (Å²) < 4.78 is 14.1. The monoisotopic (exact) mass is 309 g/mol. The Hall–Kier alpha value is -1.49. The van der Waals surface area contributed by atoms with Gasteiger partial charge in [0.1, 0.15) is 11.6 Å². The summed E-state index contributed by atoms with van der Waals surface area (Å²) in [4.78, 5) is 8.81. The minimum atomic E-state index is -0.305. The number of anilines is 1. The van der Waals surface area contributed by atoms with Crippen LogP contribution in [0.5, 0.6) is 0 Å². The number of aromatic nitrogens is 2. The Morgan fingerprint density at radius 3 is 2.61 bits per heavy atom. The second-order valence-corrected chi connectivity index (χ2v) is 4.83. The Morgan fingerprint density at radius 1 is 1.22 bits per heavy atom. The van der Waals surface area contributed by atoms with Gasteiger partial charge in [0.2, 0.25) is 0 Å². The topological polar surface area (TPSA) is 37.8 Å². The molecule has 0 bridgehead atoms. The quantitative estimate of drug-likeness (QED) is 0.919. The molecule has 0 saturated heterocycles. The molecule has 1 heterocycles. The highest BCUT2D eigenvalue weighted by Gasteiger charge is 2.12. The third-order valence-electron chi connectivity index (χ3n) is 2.80. The molecule has 1 aromatic carbocycles. The van der Waals surface area contributed by atoms with Gasteiger partial charge in [0, 0.05) is 28.3 Å². The summed E-state index contributed by atoms with van der Waals surface area (Å²) in [6.45, 7) is 3.86. The fourth-order valence-corrected chi connectivity index (χ4v) is 2.09. The standard InChI is InChI=1S/C13H13BrFN3/c1-7-8(2)17-13(18-12(7)16-3)10-6-9(15)4-5-11(10)14/h4-6H,1-3H3,(H,16,17,18). The first kappa shape index (κ1) is 13.0. The van der Waals surface area contributed by atoms with Crippen molar-refractivity contribution in [2.75, 3.05) is 12.4 Å². The van der Waals surface area contributed by atoms with E-state index in [2.05, 4.69) is 31.2 Å². The van der Waals surface area contributed by atoms with Crippen LogP contribution in [0.15, 0.2) is 22.7 Å². The number of rotatable bonds is 2. The van der Waals surface area contributed by atoms with Gasteiger partial charge in [0.05, 0.1) is 0 Å². The number of nitrogens with one attached hydrogen (secondary N) is 1. The Kier molecular flexibility index (Phi) is 3.61. The predicted octanol–water partition coefficient (Wildman–Crippen LogP) is 3.70. The molecule has 0 aliphatic carbocycles. The number of hydrogen-bond donors (Lipinski definition) is 1. The molecule has 5 heteroatoms. The Balaban J connectivity index is 2.64. The number of aryl methyl sites for hydroxylation is 1. The molecule has 2 rings (SSSR count). The van der Waals surface area contributed by atoms with Gasteiger partial charge in [-0.2, -0.15) is 0 Å². The van der Waals surface area contributed by atoms with Gasteiger partial charge in [-0.3, -0.25) is 0 Å². The molecule has 0 atom stereocenters. The van der Waals surface area contributed by atoms with E-state index in [1.807, 2.05) is 13.8 Å². The van der Waals surface area contributed by atoms with E-state index in [1.165, 1.54) is 12.1 Å². The third kappa shape index (κ3) is 2.36. The summed E-state index contributed by atoms with van der Waals surface area (Å²) in [6.07, 6.45) is 0. The summed E-state index contributed by atoms with van der Waals surface area (Å²) >= 11 is 3.39. The SMILES string of the molecule is CNc1nc(-c2cc(F)ccc2Br)nc(C)c1C. The smallest absolute Gasteiger partial charge is 0.163 e. The maximum absolute atomic E-state index is 13.3. The zero-order valence-corrected chi connectivity index (χ0v) is 12.0. The van der Waals surface area contributed by atoms with Crippen molar-refractivity contribution in [1.29, 1.82) is 0 Å². The van der Waals surface area contributed by atoms with Crippen molar-refractivity contribution in [3.8, 4) is 11.4 Å². The van der Waals surface area contributed by atoms with Crippen LogP contribution in [0.1, 0.15) is 11.3 Å². The molecule has 3 nitrogen and oxygen atoms in total. The normalized spacial score (nSPS) is 10.5. The molecule has 0 spiro atoms. The van der Waals surface area contributed by atoms with E-state index in [1.54, 1.807) is 13.1 Å². The van der Waals surface area contributed by atoms with Crippen molar-refractivity contribution in [1.82, 2.24) is 9.97 Å². The van der Waals surface area contributed by atoms with Gasteiger partial charge in [-0.25, -0.2) is 14.4 Å². The Morgan fingerprint density at radius 2 is 1.94 bits per heavy atom. The lowest BCUT2D eigenvalue weighted by Gasteiger charge is -2.10. The first-order valence-electron chi connectivity index (χ1n) is 5.51. The van der Waals surface area contributed by atoms with Crippen LogP contribution in [0, 0.1) is 19.7 Å². The van der Waals surface area contributed by atoms with Gasteiger partial charge in [-0.05, 0) is 32.0 Å². The average molecular weight is 310 g/mol. The fraction of sp³-hybridized carbons (Fsp3) is 0.231. The predicted molar refractivity (Wildman–Crippen MR) is 74.1 cm³/mol. The lowest BCUT2D eigenvalue weighted by Crippen LogP contribution is -2.03. The maximum atomic E-state index is 13.3. The van der Waals surface area contributed by atoms with E-state index < -0.39 is 0 Å². The highest BCUT2D eigenvalue weighted by Crippen LogP contribution is 2.28. The Labute approximate surface area is 114 Å². The Bertz CT molecular complexity index is 599. The van der Waals surface area contributed by atoms with Crippen molar-refractivity contribution >= 4 is 21.7 Å². The lowest BCUT2D eigenvalue weighted by atomic mass is 10.2. The summed E-state index contributed by atoms with van der Waals surface area (Å²) in [5.74, 6) is 0.962. The van der Waals surface area contributed by atoms with Gasteiger partial charge < -0.3 is 5.32 Å². The average Bonchev–Trinajstić information content (AvgIpc) is 2.35. The minimum Gasteiger partial charge on any atom is -0.373 e. The lowest BCUT2D eigenvalue weighted by molar-refractivity contribution is 0.628. The summed E-state index contributed by atoms with van der Waals surface area (Å²) in [5.41, 5.74) is 2.52. The second kappa shape index (κ2) is 5.02. The zero-order valence-electron chi connectivity index (χ0n) is 10.4. The summed E-state index contributed by atoms with van der Waals surface area (Å²) in [5, 5.41) is 3.02. The van der Waals surface area contributed by atoms with Gasteiger partial charge in [-0.1, -0.05) is 15.9 Å². The van der Waals surface area contributed by atoms with Crippen LogP contribution >= 0.6 is 15.9 Å². The van der Waals surface area contributed by atoms with E-state index in [4.69, 9.17) is 0 Å². The molecule has 0 saturated carbocycles. The largest absolute Gasteiger partial charge is 0.373 e.